The molecule has 1 aliphatic heterocycles. The summed E-state index contributed by atoms with van der Waals surface area (Å²) < 4.78 is 22.3. The molecule has 0 radical (unpaired) electrons. The van der Waals surface area contributed by atoms with Crippen molar-refractivity contribution in [3.63, 3.8) is 0 Å². The molecule has 1 aliphatic rings. The fraction of sp³-hybridized carbons (Fsp3) is 0.562. The van der Waals surface area contributed by atoms with E-state index in [0.29, 0.717) is 49.2 Å². The number of aromatic nitrogens is 3. The molecule has 0 aromatic carbocycles. The average molecular weight is 319 g/mol. The van der Waals surface area contributed by atoms with Gasteiger partial charge in [0, 0.05) is 39.4 Å². The van der Waals surface area contributed by atoms with Gasteiger partial charge in [-0.25, -0.2) is 4.98 Å². The van der Waals surface area contributed by atoms with Gasteiger partial charge in [-0.3, -0.25) is 0 Å². The third-order valence-electron chi connectivity index (χ3n) is 3.86. The van der Waals surface area contributed by atoms with E-state index in [0.717, 1.165) is 0 Å². The number of rotatable bonds is 5. The Morgan fingerprint density at radius 1 is 1.26 bits per heavy atom. The Balaban J connectivity index is 1.93. The summed E-state index contributed by atoms with van der Waals surface area (Å²) in [5.41, 5.74) is -0.0216. The quantitative estimate of drug-likeness (QED) is 0.838. The lowest BCUT2D eigenvalue weighted by Gasteiger charge is -2.32. The normalized spacial score (nSPS) is 17.4. The van der Waals surface area contributed by atoms with Gasteiger partial charge in [-0.15, -0.1) is 0 Å². The van der Waals surface area contributed by atoms with Gasteiger partial charge in [0.25, 0.3) is 5.89 Å². The number of ether oxygens (including phenoxy) is 3. The summed E-state index contributed by atoms with van der Waals surface area (Å²) in [4.78, 5) is 8.84. The molecule has 0 saturated carbocycles. The summed E-state index contributed by atoms with van der Waals surface area (Å²) >= 11 is 0. The molecule has 0 atom stereocenters. The first-order chi connectivity index (χ1) is 11.1. The van der Waals surface area contributed by atoms with Crippen LogP contribution in [0.4, 0.5) is 0 Å². The number of hydrogen-bond acceptors (Lipinski definition) is 7. The molecule has 0 spiro atoms. The zero-order chi connectivity index (χ0) is 16.3. The molecule has 3 rings (SSSR count). The average Bonchev–Trinajstić information content (AvgIpc) is 3.06. The van der Waals surface area contributed by atoms with E-state index in [1.165, 1.54) is 0 Å². The molecule has 124 valence electrons. The lowest BCUT2D eigenvalue weighted by atomic mass is 9.93. The van der Waals surface area contributed by atoms with Gasteiger partial charge in [0.05, 0.1) is 6.10 Å². The van der Waals surface area contributed by atoms with E-state index in [2.05, 4.69) is 15.1 Å². The number of hydrogen-bond donors (Lipinski definition) is 0. The smallest absolute Gasteiger partial charge is 0.280 e. The second-order valence-electron chi connectivity index (χ2n) is 5.75. The highest BCUT2D eigenvalue weighted by Gasteiger charge is 2.39. The SMILES string of the molecule is COC1(c2noc(-c3ncccc3OC(C)C)n2)CCOCC1. The van der Waals surface area contributed by atoms with Gasteiger partial charge < -0.3 is 18.7 Å². The lowest BCUT2D eigenvalue weighted by Crippen LogP contribution is -2.36. The van der Waals surface area contributed by atoms with Crippen molar-refractivity contribution in [1.82, 2.24) is 15.1 Å². The van der Waals surface area contributed by atoms with Crippen LogP contribution in [0.25, 0.3) is 11.6 Å². The van der Waals surface area contributed by atoms with Gasteiger partial charge in [-0.2, -0.15) is 4.98 Å². The summed E-state index contributed by atoms with van der Waals surface area (Å²) in [7, 11) is 1.66. The minimum Gasteiger partial charge on any atom is -0.489 e. The van der Waals surface area contributed by atoms with Gasteiger partial charge in [-0.05, 0) is 26.0 Å². The maximum Gasteiger partial charge on any atom is 0.280 e. The predicted molar refractivity (Wildman–Crippen MR) is 82.0 cm³/mol. The van der Waals surface area contributed by atoms with Crippen molar-refractivity contribution in [2.75, 3.05) is 20.3 Å². The molecule has 0 amide bonds. The highest BCUT2D eigenvalue weighted by atomic mass is 16.5. The molecule has 0 bridgehead atoms. The van der Waals surface area contributed by atoms with E-state index < -0.39 is 5.60 Å². The van der Waals surface area contributed by atoms with Crippen LogP contribution in [0.3, 0.4) is 0 Å². The van der Waals surface area contributed by atoms with E-state index in [-0.39, 0.29) is 6.10 Å². The second kappa shape index (κ2) is 6.64. The molecule has 3 heterocycles. The van der Waals surface area contributed by atoms with Gasteiger partial charge in [0.15, 0.2) is 11.4 Å². The zero-order valence-corrected chi connectivity index (χ0v) is 13.6. The van der Waals surface area contributed by atoms with Gasteiger partial charge >= 0.3 is 0 Å². The summed E-state index contributed by atoms with van der Waals surface area (Å²) in [6, 6.07) is 3.65. The largest absolute Gasteiger partial charge is 0.489 e. The van der Waals surface area contributed by atoms with E-state index in [4.69, 9.17) is 18.7 Å². The van der Waals surface area contributed by atoms with Gasteiger partial charge in [0.1, 0.15) is 5.60 Å². The Bertz CT molecular complexity index is 650. The van der Waals surface area contributed by atoms with Crippen molar-refractivity contribution >= 4 is 0 Å². The number of methoxy groups -OCH3 is 1. The van der Waals surface area contributed by atoms with Crippen LogP contribution >= 0.6 is 0 Å². The van der Waals surface area contributed by atoms with Crippen LogP contribution in [0.15, 0.2) is 22.9 Å². The topological polar surface area (TPSA) is 79.5 Å². The summed E-state index contributed by atoms with van der Waals surface area (Å²) in [6.45, 7) is 5.14. The van der Waals surface area contributed by atoms with Crippen molar-refractivity contribution in [3.8, 4) is 17.3 Å². The molecule has 0 unspecified atom stereocenters. The number of pyridine rings is 1. The predicted octanol–water partition coefficient (Wildman–Crippen LogP) is 2.57. The Morgan fingerprint density at radius 2 is 2.04 bits per heavy atom. The maximum atomic E-state index is 5.76. The van der Waals surface area contributed by atoms with Crippen molar-refractivity contribution < 1.29 is 18.7 Å². The van der Waals surface area contributed by atoms with Crippen LogP contribution in [0.2, 0.25) is 0 Å². The molecule has 1 saturated heterocycles. The third kappa shape index (κ3) is 3.20. The Labute approximate surface area is 135 Å². The highest BCUT2D eigenvalue weighted by molar-refractivity contribution is 5.56. The molecule has 7 heteroatoms. The van der Waals surface area contributed by atoms with Gasteiger partial charge in [0.2, 0.25) is 5.82 Å². The molecular formula is C16H21N3O4. The van der Waals surface area contributed by atoms with Crippen molar-refractivity contribution in [2.24, 2.45) is 0 Å². The fourth-order valence-electron chi connectivity index (χ4n) is 2.63. The van der Waals surface area contributed by atoms with E-state index in [1.807, 2.05) is 26.0 Å². The molecule has 7 nitrogen and oxygen atoms in total. The molecule has 23 heavy (non-hydrogen) atoms. The summed E-state index contributed by atoms with van der Waals surface area (Å²) in [5, 5.41) is 4.12. The molecule has 2 aromatic rings. The second-order valence-corrected chi connectivity index (χ2v) is 5.75. The van der Waals surface area contributed by atoms with E-state index in [1.54, 1.807) is 13.3 Å². The highest BCUT2D eigenvalue weighted by Crippen LogP contribution is 2.35. The molecular weight excluding hydrogens is 298 g/mol. The molecule has 2 aromatic heterocycles. The maximum absolute atomic E-state index is 5.76. The first-order valence-corrected chi connectivity index (χ1v) is 7.74. The Hall–Kier alpha value is -1.99. The van der Waals surface area contributed by atoms with Crippen LogP contribution in [0.1, 0.15) is 32.5 Å². The molecule has 0 N–H and O–H groups in total. The molecule has 0 aliphatic carbocycles. The first kappa shape index (κ1) is 15.9. The minimum atomic E-state index is -0.562. The van der Waals surface area contributed by atoms with Gasteiger partial charge in [-0.1, -0.05) is 5.16 Å². The van der Waals surface area contributed by atoms with Crippen molar-refractivity contribution in [3.05, 3.63) is 24.2 Å². The van der Waals surface area contributed by atoms with E-state index in [9.17, 15) is 0 Å². The minimum absolute atomic E-state index is 0.0288. The van der Waals surface area contributed by atoms with Crippen molar-refractivity contribution in [1.29, 1.82) is 0 Å². The third-order valence-corrected chi connectivity index (χ3v) is 3.86. The van der Waals surface area contributed by atoms with Crippen LogP contribution in [0.5, 0.6) is 5.75 Å². The first-order valence-electron chi connectivity index (χ1n) is 7.74. The molecule has 1 fully saturated rings. The van der Waals surface area contributed by atoms with Crippen LogP contribution < -0.4 is 4.74 Å². The van der Waals surface area contributed by atoms with Crippen molar-refractivity contribution in [2.45, 2.75) is 38.4 Å². The lowest BCUT2D eigenvalue weighted by molar-refractivity contribution is -0.101. The van der Waals surface area contributed by atoms with Crippen LogP contribution in [-0.4, -0.2) is 41.6 Å². The van der Waals surface area contributed by atoms with E-state index >= 15 is 0 Å². The summed E-state index contributed by atoms with van der Waals surface area (Å²) in [6.07, 6.45) is 3.09. The standard InChI is InChI=1S/C16H21N3O4/c1-11(2)22-12-5-4-8-17-13(12)14-18-15(19-23-14)16(20-3)6-9-21-10-7-16/h4-5,8,11H,6-7,9-10H2,1-3H3. The Morgan fingerprint density at radius 3 is 2.74 bits per heavy atom. The summed E-state index contributed by atoms with van der Waals surface area (Å²) in [5.74, 6) is 1.48. The fourth-order valence-corrected chi connectivity index (χ4v) is 2.63. The van der Waals surface area contributed by atoms with Crippen LogP contribution in [0, 0.1) is 0 Å². The number of nitrogens with zero attached hydrogens (tertiary/aromatic N) is 3. The van der Waals surface area contributed by atoms with Crippen LogP contribution in [-0.2, 0) is 15.1 Å². The monoisotopic (exact) mass is 319 g/mol. The Kier molecular flexibility index (Phi) is 4.58. The zero-order valence-electron chi connectivity index (χ0n) is 13.6.